The van der Waals surface area contributed by atoms with Gasteiger partial charge in [-0.1, -0.05) is 6.07 Å². The summed E-state index contributed by atoms with van der Waals surface area (Å²) in [5.41, 5.74) is 0.419. The number of aromatic hydroxyl groups is 8. The molecule has 3 heterocycles. The van der Waals surface area contributed by atoms with Crippen LogP contribution in [0.3, 0.4) is 0 Å². The molecule has 222 valence electrons. The van der Waals surface area contributed by atoms with E-state index in [1.807, 2.05) is 0 Å². The smallest absolute Gasteiger partial charge is 0.305 e. The van der Waals surface area contributed by atoms with Crippen LogP contribution in [0.5, 0.6) is 63.2 Å². The van der Waals surface area contributed by atoms with Gasteiger partial charge in [0.05, 0.1) is 12.0 Å². The van der Waals surface area contributed by atoms with Crippen LogP contribution >= 0.6 is 0 Å². The number of hydrogen-bond donors (Lipinski definition) is 10. The Morgan fingerprint density at radius 2 is 1.33 bits per heavy atom. The maximum absolute atomic E-state index is 11.9. The number of phenolic OH excluding ortho intramolecular Hbond substituents is 8. The van der Waals surface area contributed by atoms with Crippen LogP contribution < -0.4 is 14.2 Å². The molecule has 0 aliphatic carbocycles. The fourth-order valence-corrected chi connectivity index (χ4v) is 6.16. The van der Waals surface area contributed by atoms with E-state index in [4.69, 9.17) is 14.2 Å². The summed E-state index contributed by atoms with van der Waals surface area (Å²) in [4.78, 5) is 0. The normalized spacial score (nSPS) is 24.9. The van der Waals surface area contributed by atoms with Gasteiger partial charge < -0.3 is 65.3 Å². The number of phenols is 8. The van der Waals surface area contributed by atoms with E-state index in [0.717, 1.165) is 24.3 Å². The second-order valence-electron chi connectivity index (χ2n) is 10.7. The summed E-state index contributed by atoms with van der Waals surface area (Å²) >= 11 is 0. The molecule has 0 radical (unpaired) electrons. The molecule has 2 bridgehead atoms. The topological polar surface area (TPSA) is 230 Å². The molecule has 3 aliphatic heterocycles. The van der Waals surface area contributed by atoms with Gasteiger partial charge in [0.1, 0.15) is 46.7 Å². The SMILES string of the molecule is Oc1cc(O)c2c(c1)O[C@]1(c3cc(O)c(O)c(O)c3)Oc3cc(O)c4c(c3[C@H]2[C@@H]1O)O[C@@H](c1ccc(O)c(O)c1)[C@H](O)C4. The summed E-state index contributed by atoms with van der Waals surface area (Å²) in [7, 11) is 0. The van der Waals surface area contributed by atoms with Gasteiger partial charge in [-0.3, -0.25) is 0 Å². The van der Waals surface area contributed by atoms with E-state index in [-0.39, 0.29) is 63.0 Å². The van der Waals surface area contributed by atoms with Gasteiger partial charge in [0.25, 0.3) is 0 Å². The van der Waals surface area contributed by atoms with Gasteiger partial charge >= 0.3 is 5.79 Å². The molecule has 0 spiro atoms. The van der Waals surface area contributed by atoms with Gasteiger partial charge in [0, 0.05) is 46.9 Å². The largest absolute Gasteiger partial charge is 0.508 e. The summed E-state index contributed by atoms with van der Waals surface area (Å²) in [6.45, 7) is 0. The van der Waals surface area contributed by atoms with Crippen molar-refractivity contribution < 1.29 is 65.3 Å². The van der Waals surface area contributed by atoms with Crippen molar-refractivity contribution in [1.29, 1.82) is 0 Å². The molecule has 7 rings (SSSR count). The molecule has 0 saturated heterocycles. The fourth-order valence-electron chi connectivity index (χ4n) is 6.16. The zero-order chi connectivity index (χ0) is 30.5. The number of benzene rings is 4. The van der Waals surface area contributed by atoms with E-state index in [2.05, 4.69) is 0 Å². The average Bonchev–Trinajstić information content (AvgIpc) is 2.93. The molecule has 4 aromatic carbocycles. The van der Waals surface area contributed by atoms with Crippen molar-refractivity contribution in [2.45, 2.75) is 36.4 Å². The van der Waals surface area contributed by atoms with Crippen molar-refractivity contribution in [2.24, 2.45) is 0 Å². The lowest BCUT2D eigenvalue weighted by Crippen LogP contribution is -2.57. The van der Waals surface area contributed by atoms with Crippen LogP contribution in [0.15, 0.2) is 48.5 Å². The Hall–Kier alpha value is -5.40. The highest BCUT2D eigenvalue weighted by molar-refractivity contribution is 5.68. The van der Waals surface area contributed by atoms with Crippen molar-refractivity contribution in [3.05, 3.63) is 76.3 Å². The standard InChI is InChI=1S/C30H24O13/c31-12-6-17(35)23-21(7-12)42-30(11-4-18(36)26(39)19(37)5-11)29(40)25(23)24-22(43-30)9-15(33)13-8-20(38)27(41-28(13)24)10-1-2-14(32)16(34)3-10/h1-7,9,20,25,27,29,31-40H,8H2/t20-,25+,27+,29+,30-/m1/s1. The van der Waals surface area contributed by atoms with Gasteiger partial charge in [-0.25, -0.2) is 0 Å². The quantitative estimate of drug-likeness (QED) is 0.151. The van der Waals surface area contributed by atoms with Crippen molar-refractivity contribution in [3.8, 4) is 63.2 Å². The molecule has 13 nitrogen and oxygen atoms in total. The van der Waals surface area contributed by atoms with Gasteiger partial charge in [-0.05, 0) is 29.8 Å². The molecule has 5 atom stereocenters. The predicted molar refractivity (Wildman–Crippen MR) is 143 cm³/mol. The van der Waals surface area contributed by atoms with Crippen LogP contribution in [-0.4, -0.2) is 63.3 Å². The second-order valence-corrected chi connectivity index (χ2v) is 10.7. The predicted octanol–water partition coefficient (Wildman–Crippen LogP) is 2.50. The first kappa shape index (κ1) is 26.5. The van der Waals surface area contributed by atoms with Crippen LogP contribution in [0.4, 0.5) is 0 Å². The first-order chi connectivity index (χ1) is 20.4. The Balaban J connectivity index is 1.48. The number of rotatable bonds is 2. The second kappa shape index (κ2) is 8.80. The molecule has 43 heavy (non-hydrogen) atoms. The number of aliphatic hydroxyl groups is 2. The zero-order valence-corrected chi connectivity index (χ0v) is 21.8. The maximum atomic E-state index is 11.9. The highest BCUT2D eigenvalue weighted by Crippen LogP contribution is 2.62. The zero-order valence-electron chi connectivity index (χ0n) is 21.8. The van der Waals surface area contributed by atoms with Crippen molar-refractivity contribution in [1.82, 2.24) is 0 Å². The Morgan fingerprint density at radius 1 is 0.651 bits per heavy atom. The third kappa shape index (κ3) is 3.65. The van der Waals surface area contributed by atoms with E-state index in [9.17, 15) is 51.1 Å². The number of fused-ring (bicyclic) bond motifs is 8. The molecule has 10 N–H and O–H groups in total. The molecular formula is C30H24O13. The fraction of sp³-hybridized carbons (Fsp3) is 0.200. The Labute approximate surface area is 241 Å². The van der Waals surface area contributed by atoms with E-state index in [1.54, 1.807) is 0 Å². The molecule has 0 saturated carbocycles. The maximum Gasteiger partial charge on any atom is 0.305 e. The van der Waals surface area contributed by atoms with Crippen molar-refractivity contribution in [3.63, 3.8) is 0 Å². The summed E-state index contributed by atoms with van der Waals surface area (Å²) in [5, 5.41) is 105. The minimum atomic E-state index is -2.26. The van der Waals surface area contributed by atoms with E-state index in [1.165, 1.54) is 24.3 Å². The lowest BCUT2D eigenvalue weighted by molar-refractivity contribution is -0.219. The molecular weight excluding hydrogens is 568 g/mol. The third-order valence-electron chi connectivity index (χ3n) is 8.12. The lowest BCUT2D eigenvalue weighted by Gasteiger charge is -2.50. The van der Waals surface area contributed by atoms with Gasteiger partial charge in [0.2, 0.25) is 0 Å². The van der Waals surface area contributed by atoms with Crippen LogP contribution in [0.1, 0.15) is 39.8 Å². The van der Waals surface area contributed by atoms with E-state index >= 15 is 0 Å². The Kier molecular flexibility index (Phi) is 5.42. The molecule has 13 heteroatoms. The van der Waals surface area contributed by atoms with Crippen LogP contribution in [0.2, 0.25) is 0 Å². The molecule has 4 aromatic rings. The van der Waals surface area contributed by atoms with Gasteiger partial charge in [-0.15, -0.1) is 0 Å². The van der Waals surface area contributed by atoms with E-state index < -0.39 is 64.5 Å². The van der Waals surface area contributed by atoms with Crippen LogP contribution in [-0.2, 0) is 12.2 Å². The summed E-state index contributed by atoms with van der Waals surface area (Å²) in [5.74, 6) is -8.15. The summed E-state index contributed by atoms with van der Waals surface area (Å²) in [6, 6.07) is 9.25. The lowest BCUT2D eigenvalue weighted by atomic mass is 9.74. The molecule has 0 aromatic heterocycles. The van der Waals surface area contributed by atoms with E-state index in [0.29, 0.717) is 0 Å². The van der Waals surface area contributed by atoms with Crippen LogP contribution in [0.25, 0.3) is 0 Å². The van der Waals surface area contributed by atoms with Gasteiger partial charge in [0.15, 0.2) is 28.7 Å². The molecule has 0 unspecified atom stereocenters. The first-order valence-electron chi connectivity index (χ1n) is 13.0. The van der Waals surface area contributed by atoms with Crippen LogP contribution in [0, 0.1) is 0 Å². The molecule has 0 amide bonds. The monoisotopic (exact) mass is 592 g/mol. The summed E-state index contributed by atoms with van der Waals surface area (Å²) in [6.07, 6.45) is -4.22. The minimum absolute atomic E-state index is 0.00718. The average molecular weight is 593 g/mol. The number of ether oxygens (including phenoxy) is 3. The third-order valence-corrected chi connectivity index (χ3v) is 8.12. The first-order valence-corrected chi connectivity index (χ1v) is 13.0. The van der Waals surface area contributed by atoms with Crippen molar-refractivity contribution >= 4 is 0 Å². The van der Waals surface area contributed by atoms with Crippen molar-refractivity contribution in [2.75, 3.05) is 0 Å². The minimum Gasteiger partial charge on any atom is -0.508 e. The Bertz CT molecular complexity index is 1810. The number of aliphatic hydroxyl groups excluding tert-OH is 2. The van der Waals surface area contributed by atoms with Gasteiger partial charge in [-0.2, -0.15) is 0 Å². The molecule has 3 aliphatic rings. The molecule has 0 fully saturated rings. The number of hydrogen-bond acceptors (Lipinski definition) is 13. The summed E-state index contributed by atoms with van der Waals surface area (Å²) < 4.78 is 18.5. The highest BCUT2D eigenvalue weighted by atomic mass is 16.7. The highest BCUT2D eigenvalue weighted by Gasteiger charge is 2.60. The Morgan fingerprint density at radius 3 is 2.00 bits per heavy atom.